The van der Waals surface area contributed by atoms with Crippen LogP contribution in [0.3, 0.4) is 0 Å². The van der Waals surface area contributed by atoms with Gasteiger partial charge < -0.3 is 24.3 Å². The first kappa shape index (κ1) is 24.2. The Bertz CT molecular complexity index is 664. The molecule has 1 amide bonds. The number of methoxy groups -OCH3 is 1. The number of hydrogen-bond donors (Lipinski definition) is 1. The Hall–Kier alpha value is -2.84. The Balaban J connectivity index is 2.50. The van der Waals surface area contributed by atoms with Crippen molar-refractivity contribution in [1.82, 2.24) is 10.3 Å². The van der Waals surface area contributed by atoms with Crippen molar-refractivity contribution in [3.63, 3.8) is 0 Å². The van der Waals surface area contributed by atoms with E-state index in [4.69, 9.17) is 18.9 Å². The summed E-state index contributed by atoms with van der Waals surface area (Å²) < 4.78 is 20.0. The lowest BCUT2D eigenvalue weighted by Gasteiger charge is -2.10. The van der Waals surface area contributed by atoms with E-state index in [2.05, 4.69) is 17.2 Å². The summed E-state index contributed by atoms with van der Waals surface area (Å²) in [7, 11) is 1.35. The Morgan fingerprint density at radius 1 is 1.03 bits per heavy atom. The van der Waals surface area contributed by atoms with E-state index in [1.807, 2.05) is 0 Å². The molecule has 0 aliphatic carbocycles. The summed E-state index contributed by atoms with van der Waals surface area (Å²) in [6.07, 6.45) is 6.90. The minimum Gasteiger partial charge on any atom is -0.491 e. The van der Waals surface area contributed by atoms with E-state index >= 15 is 0 Å². The normalized spacial score (nSPS) is 10.2. The topological polar surface area (TPSA) is 113 Å². The van der Waals surface area contributed by atoms with Crippen LogP contribution in [0.2, 0.25) is 0 Å². The molecule has 9 heteroatoms. The molecule has 29 heavy (non-hydrogen) atoms. The van der Waals surface area contributed by atoms with Gasteiger partial charge in [-0.2, -0.15) is 0 Å². The van der Waals surface area contributed by atoms with Crippen molar-refractivity contribution in [2.24, 2.45) is 0 Å². The van der Waals surface area contributed by atoms with Crippen molar-refractivity contribution >= 4 is 18.0 Å². The number of esters is 2. The predicted molar refractivity (Wildman–Crippen MR) is 105 cm³/mol. The van der Waals surface area contributed by atoms with Gasteiger partial charge in [0.2, 0.25) is 0 Å². The van der Waals surface area contributed by atoms with Gasteiger partial charge in [-0.25, -0.2) is 14.6 Å². The van der Waals surface area contributed by atoms with Crippen molar-refractivity contribution in [3.8, 4) is 11.6 Å². The molecule has 0 saturated carbocycles. The van der Waals surface area contributed by atoms with Gasteiger partial charge in [0.1, 0.15) is 6.54 Å². The average Bonchev–Trinajstić information content (AvgIpc) is 2.72. The lowest BCUT2D eigenvalue weighted by molar-refractivity contribution is -0.141. The fraction of sp³-hybridized carbons (Fsp3) is 0.600. The molecule has 0 radical (unpaired) electrons. The van der Waals surface area contributed by atoms with Gasteiger partial charge in [-0.3, -0.25) is 4.79 Å². The molecule has 162 valence electrons. The molecule has 1 N–H and O–H groups in total. The number of rotatable bonds is 13. The van der Waals surface area contributed by atoms with Crippen molar-refractivity contribution in [1.29, 1.82) is 0 Å². The van der Waals surface area contributed by atoms with E-state index in [9.17, 15) is 14.4 Å². The van der Waals surface area contributed by atoms with Crippen molar-refractivity contribution in [3.05, 3.63) is 17.8 Å². The summed E-state index contributed by atoms with van der Waals surface area (Å²) in [4.78, 5) is 39.0. The maximum absolute atomic E-state index is 12.1. The first-order chi connectivity index (χ1) is 14.0. The van der Waals surface area contributed by atoms with Gasteiger partial charge in [0.25, 0.3) is 5.88 Å². The molecule has 1 rings (SSSR count). The average molecular weight is 410 g/mol. The summed E-state index contributed by atoms with van der Waals surface area (Å²) in [5.74, 6) is -1.16. The van der Waals surface area contributed by atoms with Crippen molar-refractivity contribution in [2.75, 3.05) is 26.9 Å². The van der Waals surface area contributed by atoms with Crippen LogP contribution in [0, 0.1) is 0 Å². The quantitative estimate of drug-likeness (QED) is 0.389. The Kier molecular flexibility index (Phi) is 11.8. The van der Waals surface area contributed by atoms with Crippen LogP contribution in [0.4, 0.5) is 4.79 Å². The van der Waals surface area contributed by atoms with Crippen LogP contribution in [0.1, 0.15) is 62.7 Å². The minimum absolute atomic E-state index is 0.0882. The number of nitrogens with zero attached hydrogens (tertiary/aromatic N) is 1. The zero-order valence-corrected chi connectivity index (χ0v) is 17.3. The third-order valence-electron chi connectivity index (χ3n) is 3.88. The number of pyridine rings is 1. The molecule has 0 bridgehead atoms. The second-order valence-electron chi connectivity index (χ2n) is 6.18. The lowest BCUT2D eigenvalue weighted by atomic mass is 10.1. The van der Waals surface area contributed by atoms with E-state index in [1.54, 1.807) is 6.92 Å². The van der Waals surface area contributed by atoms with E-state index in [-0.39, 0.29) is 30.3 Å². The van der Waals surface area contributed by atoms with Crippen LogP contribution in [0.15, 0.2) is 12.3 Å². The molecule has 1 aromatic heterocycles. The lowest BCUT2D eigenvalue weighted by Crippen LogP contribution is -2.33. The molecule has 1 heterocycles. The van der Waals surface area contributed by atoms with Crippen LogP contribution in [-0.2, 0) is 14.3 Å². The summed E-state index contributed by atoms with van der Waals surface area (Å²) in [5.41, 5.74) is 0.187. The number of aromatic nitrogens is 1. The SMILES string of the molecule is CCCCCCCCOC(=O)c1cnc(OC(=O)NCC(=O)OCC)c(OC)c1. The molecule has 0 aromatic carbocycles. The van der Waals surface area contributed by atoms with Crippen molar-refractivity contribution in [2.45, 2.75) is 52.4 Å². The Morgan fingerprint density at radius 2 is 1.76 bits per heavy atom. The predicted octanol–water partition coefficient (Wildman–Crippen LogP) is 3.26. The molecule has 0 unspecified atom stereocenters. The van der Waals surface area contributed by atoms with Gasteiger partial charge in [-0.1, -0.05) is 39.0 Å². The van der Waals surface area contributed by atoms with Crippen LogP contribution < -0.4 is 14.8 Å². The largest absolute Gasteiger partial charge is 0.491 e. The second-order valence-corrected chi connectivity index (χ2v) is 6.18. The maximum atomic E-state index is 12.1. The number of carbonyl (C=O) groups excluding carboxylic acids is 3. The second kappa shape index (κ2) is 14.2. The number of hydrogen-bond acceptors (Lipinski definition) is 8. The third-order valence-corrected chi connectivity index (χ3v) is 3.88. The van der Waals surface area contributed by atoms with Gasteiger partial charge in [0.05, 0.1) is 25.9 Å². The molecule has 0 saturated heterocycles. The highest BCUT2D eigenvalue weighted by Crippen LogP contribution is 2.25. The molecule has 0 fully saturated rings. The van der Waals surface area contributed by atoms with Gasteiger partial charge >= 0.3 is 18.0 Å². The summed E-state index contributed by atoms with van der Waals surface area (Å²) >= 11 is 0. The summed E-state index contributed by atoms with van der Waals surface area (Å²) in [6, 6.07) is 1.38. The molecule has 9 nitrogen and oxygen atoms in total. The van der Waals surface area contributed by atoms with Crippen LogP contribution in [-0.4, -0.2) is 49.9 Å². The van der Waals surface area contributed by atoms with Gasteiger partial charge in [-0.15, -0.1) is 0 Å². The highest BCUT2D eigenvalue weighted by atomic mass is 16.6. The fourth-order valence-corrected chi connectivity index (χ4v) is 2.38. The van der Waals surface area contributed by atoms with Crippen LogP contribution >= 0.6 is 0 Å². The summed E-state index contributed by atoms with van der Waals surface area (Å²) in [5, 5.41) is 2.23. The van der Waals surface area contributed by atoms with Crippen molar-refractivity contribution < 1.29 is 33.3 Å². The Labute approximate surface area is 171 Å². The molecular weight excluding hydrogens is 380 g/mol. The van der Waals surface area contributed by atoms with Gasteiger partial charge in [0.15, 0.2) is 5.75 Å². The molecular formula is C20H30N2O7. The number of nitrogens with one attached hydrogen (secondary N) is 1. The fourth-order valence-electron chi connectivity index (χ4n) is 2.38. The highest BCUT2D eigenvalue weighted by Gasteiger charge is 2.17. The zero-order chi connectivity index (χ0) is 21.5. The third kappa shape index (κ3) is 9.77. The number of ether oxygens (including phenoxy) is 4. The smallest absolute Gasteiger partial charge is 0.414 e. The number of amides is 1. The zero-order valence-electron chi connectivity index (χ0n) is 17.3. The molecule has 1 aromatic rings. The van der Waals surface area contributed by atoms with Gasteiger partial charge in [-0.05, 0) is 13.3 Å². The van der Waals surface area contributed by atoms with E-state index in [0.29, 0.717) is 6.61 Å². The molecule has 0 aliphatic rings. The first-order valence-corrected chi connectivity index (χ1v) is 9.84. The monoisotopic (exact) mass is 410 g/mol. The van der Waals surface area contributed by atoms with E-state index in [1.165, 1.54) is 38.6 Å². The van der Waals surface area contributed by atoms with E-state index in [0.717, 1.165) is 19.3 Å². The summed E-state index contributed by atoms with van der Waals surface area (Å²) in [6.45, 7) is 4.03. The molecule has 0 aliphatic heterocycles. The number of unbranched alkanes of at least 4 members (excludes halogenated alkanes) is 5. The molecule has 0 atom stereocenters. The van der Waals surface area contributed by atoms with Crippen LogP contribution in [0.25, 0.3) is 0 Å². The van der Waals surface area contributed by atoms with E-state index < -0.39 is 18.0 Å². The van der Waals surface area contributed by atoms with Crippen LogP contribution in [0.5, 0.6) is 11.6 Å². The minimum atomic E-state index is -0.901. The Morgan fingerprint density at radius 3 is 2.45 bits per heavy atom. The maximum Gasteiger partial charge on any atom is 0.414 e. The number of carbonyl (C=O) groups is 3. The first-order valence-electron chi connectivity index (χ1n) is 9.84. The highest BCUT2D eigenvalue weighted by molar-refractivity contribution is 5.89. The molecule has 0 spiro atoms. The standard InChI is InChI=1S/C20H30N2O7/c1-4-6-7-8-9-10-11-28-19(24)15-12-16(26-3)18(21-13-15)29-20(25)22-14-17(23)27-5-2/h12-13H,4-11,14H2,1-3H3,(H,22,25). The van der Waals surface area contributed by atoms with Gasteiger partial charge in [0, 0.05) is 12.3 Å².